The number of likely N-dealkylation sites (tertiary alicyclic amines) is 1. The van der Waals surface area contributed by atoms with E-state index in [2.05, 4.69) is 20.0 Å². The second-order valence-electron chi connectivity index (χ2n) is 9.20. The highest BCUT2D eigenvalue weighted by molar-refractivity contribution is 7.15. The van der Waals surface area contributed by atoms with Gasteiger partial charge >= 0.3 is 11.9 Å². The summed E-state index contributed by atoms with van der Waals surface area (Å²) in [5.74, 6) is 0.447. The molecule has 34 heavy (non-hydrogen) atoms. The van der Waals surface area contributed by atoms with E-state index >= 15 is 0 Å². The summed E-state index contributed by atoms with van der Waals surface area (Å²) in [5, 5.41) is 5.13. The van der Waals surface area contributed by atoms with Gasteiger partial charge in [-0.2, -0.15) is 18.3 Å². The summed E-state index contributed by atoms with van der Waals surface area (Å²) < 4.78 is 39.9. The van der Waals surface area contributed by atoms with E-state index in [4.69, 9.17) is 0 Å². The number of H-pyrrole nitrogens is 1. The summed E-state index contributed by atoms with van der Waals surface area (Å²) in [6, 6.07) is 5.56. The quantitative estimate of drug-likeness (QED) is 0.572. The van der Waals surface area contributed by atoms with Crippen LogP contribution in [0.5, 0.6) is 0 Å². The molecular formula is C23H24F3N5O2S. The van der Waals surface area contributed by atoms with Crippen LogP contribution < -0.4 is 11.2 Å². The predicted octanol–water partition coefficient (Wildman–Crippen LogP) is 3.35. The zero-order valence-electron chi connectivity index (χ0n) is 18.8. The second-order valence-corrected chi connectivity index (χ2v) is 10.4. The number of aromatic amines is 1. The normalized spacial score (nSPS) is 22.2. The summed E-state index contributed by atoms with van der Waals surface area (Å²) in [7, 11) is 0. The summed E-state index contributed by atoms with van der Waals surface area (Å²) in [6.45, 7) is 6.43. The molecule has 2 aliphatic rings. The van der Waals surface area contributed by atoms with Gasteiger partial charge in [-0.15, -0.1) is 11.3 Å². The maximum atomic E-state index is 12.9. The van der Waals surface area contributed by atoms with Crippen molar-refractivity contribution in [1.29, 1.82) is 0 Å². The van der Waals surface area contributed by atoms with Crippen LogP contribution in [0, 0.1) is 19.8 Å². The molecule has 2 aromatic heterocycles. The minimum absolute atomic E-state index is 0.0636. The van der Waals surface area contributed by atoms with E-state index in [0.29, 0.717) is 29.5 Å². The molecule has 3 heterocycles. The van der Waals surface area contributed by atoms with Gasteiger partial charge in [0, 0.05) is 25.0 Å². The Morgan fingerprint density at radius 3 is 2.56 bits per heavy atom. The molecular weight excluding hydrogens is 467 g/mol. The fourth-order valence-corrected chi connectivity index (χ4v) is 6.02. The van der Waals surface area contributed by atoms with E-state index in [0.717, 1.165) is 36.6 Å². The zero-order valence-corrected chi connectivity index (χ0v) is 19.6. The Bertz CT molecular complexity index is 1340. The lowest BCUT2D eigenvalue weighted by Gasteiger charge is -2.21. The molecule has 1 saturated carbocycles. The first kappa shape index (κ1) is 23.0. The Hall–Kier alpha value is -2.79. The first-order valence-corrected chi connectivity index (χ1v) is 11.9. The highest BCUT2D eigenvalue weighted by Gasteiger charge is 2.60. The van der Waals surface area contributed by atoms with E-state index < -0.39 is 23.0 Å². The maximum absolute atomic E-state index is 12.9. The number of benzene rings is 1. The molecule has 2 atom stereocenters. The number of hydrogen-bond donors (Lipinski definition) is 1. The van der Waals surface area contributed by atoms with Crippen LogP contribution in [0.1, 0.15) is 34.7 Å². The van der Waals surface area contributed by atoms with Crippen molar-refractivity contribution in [3.8, 4) is 10.6 Å². The van der Waals surface area contributed by atoms with Crippen molar-refractivity contribution < 1.29 is 13.2 Å². The second kappa shape index (κ2) is 8.16. The third-order valence-electron chi connectivity index (χ3n) is 6.86. The lowest BCUT2D eigenvalue weighted by atomic mass is 9.94. The van der Waals surface area contributed by atoms with Crippen LogP contribution >= 0.6 is 11.3 Å². The molecule has 3 aromatic rings. The van der Waals surface area contributed by atoms with Crippen molar-refractivity contribution in [1.82, 2.24) is 24.6 Å². The Morgan fingerprint density at radius 2 is 1.91 bits per heavy atom. The average molecular weight is 492 g/mol. The van der Waals surface area contributed by atoms with Crippen molar-refractivity contribution in [3.05, 3.63) is 66.9 Å². The number of aromatic nitrogens is 4. The molecule has 0 radical (unpaired) electrons. The van der Waals surface area contributed by atoms with Crippen molar-refractivity contribution >= 4 is 11.3 Å². The van der Waals surface area contributed by atoms with E-state index in [9.17, 15) is 22.8 Å². The molecule has 1 aliphatic heterocycles. The number of nitrogens with zero attached hydrogens (tertiary/aromatic N) is 4. The van der Waals surface area contributed by atoms with Crippen LogP contribution in [0.3, 0.4) is 0 Å². The molecule has 1 aliphatic carbocycles. The van der Waals surface area contributed by atoms with Gasteiger partial charge in [0.1, 0.15) is 0 Å². The highest BCUT2D eigenvalue weighted by atomic mass is 32.1. The molecule has 0 amide bonds. The van der Waals surface area contributed by atoms with Gasteiger partial charge in [-0.3, -0.25) is 9.78 Å². The zero-order chi connectivity index (χ0) is 24.3. The van der Waals surface area contributed by atoms with E-state index in [1.165, 1.54) is 28.2 Å². The number of alkyl halides is 3. The van der Waals surface area contributed by atoms with Crippen molar-refractivity contribution in [2.24, 2.45) is 5.92 Å². The molecule has 180 valence electrons. The van der Waals surface area contributed by atoms with Gasteiger partial charge in [0.2, 0.25) is 0 Å². The highest BCUT2D eigenvalue weighted by Crippen LogP contribution is 2.59. The number of piperidine rings is 1. The molecule has 7 nitrogen and oxygen atoms in total. The fraction of sp³-hybridized carbons (Fsp3) is 0.478. The van der Waals surface area contributed by atoms with Crippen molar-refractivity contribution in [2.75, 3.05) is 19.6 Å². The Kier molecular flexibility index (Phi) is 5.51. The van der Waals surface area contributed by atoms with Gasteiger partial charge in [0.05, 0.1) is 21.1 Å². The minimum Gasteiger partial charge on any atom is -0.302 e. The summed E-state index contributed by atoms with van der Waals surface area (Å²) in [4.78, 5) is 34.2. The fourth-order valence-electron chi connectivity index (χ4n) is 5.12. The first-order valence-electron chi connectivity index (χ1n) is 11.1. The molecule has 1 unspecified atom stereocenters. The van der Waals surface area contributed by atoms with Crippen LogP contribution in [0.25, 0.3) is 10.6 Å². The number of fused-ring (bicyclic) bond motifs is 1. The summed E-state index contributed by atoms with van der Waals surface area (Å²) in [6.07, 6.45) is -2.67. The number of halogens is 3. The molecule has 0 bridgehead atoms. The number of hydrogen-bond acceptors (Lipinski definition) is 6. The van der Waals surface area contributed by atoms with Gasteiger partial charge in [-0.05, 0) is 56.8 Å². The summed E-state index contributed by atoms with van der Waals surface area (Å²) in [5.41, 5.74) is 0.116. The lowest BCUT2D eigenvalue weighted by molar-refractivity contribution is -0.137. The third-order valence-corrected chi connectivity index (χ3v) is 7.94. The number of thiazole rings is 1. The molecule has 1 N–H and O–H groups in total. The van der Waals surface area contributed by atoms with Crippen LogP contribution in [0.15, 0.2) is 33.9 Å². The SMILES string of the molecule is Cc1nc(C)c(-c2nn(CCCN3CC4C[C@]4(c4ccc(C(F)(F)F)cc4)C3)c(=O)[nH]c2=O)s1. The average Bonchev–Trinajstić information content (AvgIpc) is 3.17. The number of nitrogens with one attached hydrogen (secondary N) is 1. The largest absolute Gasteiger partial charge is 0.416 e. The number of rotatable bonds is 6. The van der Waals surface area contributed by atoms with E-state index in [-0.39, 0.29) is 11.1 Å². The van der Waals surface area contributed by atoms with E-state index in [1.54, 1.807) is 19.1 Å². The topological polar surface area (TPSA) is 83.9 Å². The van der Waals surface area contributed by atoms with Gasteiger partial charge < -0.3 is 4.90 Å². The van der Waals surface area contributed by atoms with Gasteiger partial charge in [0.25, 0.3) is 5.56 Å². The molecule has 1 saturated heterocycles. The monoisotopic (exact) mass is 491 g/mol. The van der Waals surface area contributed by atoms with Crippen LogP contribution in [-0.4, -0.2) is 44.3 Å². The maximum Gasteiger partial charge on any atom is 0.416 e. The molecule has 0 spiro atoms. The smallest absolute Gasteiger partial charge is 0.302 e. The molecule has 2 fully saturated rings. The summed E-state index contributed by atoms with van der Waals surface area (Å²) >= 11 is 1.37. The van der Waals surface area contributed by atoms with Crippen molar-refractivity contribution in [3.63, 3.8) is 0 Å². The number of aryl methyl sites for hydroxylation is 3. The van der Waals surface area contributed by atoms with Crippen LogP contribution in [-0.2, 0) is 18.1 Å². The minimum atomic E-state index is -4.33. The van der Waals surface area contributed by atoms with Gasteiger partial charge in [-0.1, -0.05) is 12.1 Å². The standard InChI is InChI=1S/C23H24F3N5O2S/c1-13-19(34-14(2)27-13)18-20(32)28-21(33)31(29-18)9-3-8-30-11-17-10-22(17,12-30)15-4-6-16(7-5-15)23(24,25)26/h4-7,17H,3,8-12H2,1-2H3,(H,28,32,33)/t17?,22-/m1/s1. The molecule has 5 rings (SSSR count). The first-order chi connectivity index (χ1) is 16.1. The predicted molar refractivity (Wildman–Crippen MR) is 122 cm³/mol. The lowest BCUT2D eigenvalue weighted by Crippen LogP contribution is -2.35. The van der Waals surface area contributed by atoms with E-state index in [1.807, 2.05) is 6.92 Å². The Labute approximate surface area is 197 Å². The van der Waals surface area contributed by atoms with Crippen molar-refractivity contribution in [2.45, 2.75) is 44.8 Å². The Morgan fingerprint density at radius 1 is 1.18 bits per heavy atom. The van der Waals surface area contributed by atoms with Crippen LogP contribution in [0.2, 0.25) is 0 Å². The third kappa shape index (κ3) is 4.11. The molecule has 11 heteroatoms. The van der Waals surface area contributed by atoms with Gasteiger partial charge in [0.15, 0.2) is 5.69 Å². The van der Waals surface area contributed by atoms with Gasteiger partial charge in [-0.25, -0.2) is 14.5 Å². The molecule has 1 aromatic carbocycles. The van der Waals surface area contributed by atoms with Crippen LogP contribution in [0.4, 0.5) is 13.2 Å². The Balaban J connectivity index is 1.23.